The third-order valence-electron chi connectivity index (χ3n) is 3.14. The predicted molar refractivity (Wildman–Crippen MR) is 60.2 cm³/mol. The lowest BCUT2D eigenvalue weighted by atomic mass is 10.1. The third kappa shape index (κ3) is 2.36. The first-order valence-electron chi connectivity index (χ1n) is 5.58. The van der Waals surface area contributed by atoms with Gasteiger partial charge < -0.3 is 5.32 Å². The monoisotopic (exact) mass is 189 g/mol. The molecule has 0 unspecified atom stereocenters. The molecular formula is C13H19N. The highest BCUT2D eigenvalue weighted by Crippen LogP contribution is 2.33. The molecule has 1 aromatic carbocycles. The lowest BCUT2D eigenvalue weighted by Crippen LogP contribution is -2.30. The van der Waals surface area contributed by atoms with Crippen molar-refractivity contribution in [2.75, 3.05) is 0 Å². The Bertz CT molecular complexity index is 277. The Morgan fingerprint density at radius 1 is 1.14 bits per heavy atom. The van der Waals surface area contributed by atoms with E-state index in [1.54, 1.807) is 0 Å². The quantitative estimate of drug-likeness (QED) is 0.767. The van der Waals surface area contributed by atoms with E-state index in [2.05, 4.69) is 49.5 Å². The Labute approximate surface area is 86.5 Å². The van der Waals surface area contributed by atoms with Gasteiger partial charge in [0.25, 0.3) is 0 Å². The van der Waals surface area contributed by atoms with Crippen LogP contribution in [0.15, 0.2) is 30.3 Å². The van der Waals surface area contributed by atoms with Gasteiger partial charge in [-0.05, 0) is 38.2 Å². The lowest BCUT2D eigenvalue weighted by molar-refractivity contribution is 0.441. The van der Waals surface area contributed by atoms with Gasteiger partial charge in [0.1, 0.15) is 0 Å². The molecule has 0 aliphatic heterocycles. The average molecular weight is 189 g/mol. The first-order chi connectivity index (χ1) is 6.77. The summed E-state index contributed by atoms with van der Waals surface area (Å²) < 4.78 is 0. The van der Waals surface area contributed by atoms with Crippen LogP contribution in [0.1, 0.15) is 38.3 Å². The maximum atomic E-state index is 3.66. The fourth-order valence-corrected chi connectivity index (χ4v) is 1.96. The number of hydrogen-bond acceptors (Lipinski definition) is 1. The molecule has 76 valence electrons. The van der Waals surface area contributed by atoms with E-state index in [1.807, 2.05) is 0 Å². The second-order valence-electron chi connectivity index (χ2n) is 4.43. The molecule has 1 heteroatoms. The minimum Gasteiger partial charge on any atom is -0.307 e. The zero-order valence-corrected chi connectivity index (χ0v) is 9.03. The van der Waals surface area contributed by atoms with Crippen molar-refractivity contribution in [2.24, 2.45) is 5.92 Å². The predicted octanol–water partition coefficient (Wildman–Crippen LogP) is 3.14. The normalized spacial score (nSPS) is 20.4. The SMILES string of the molecule is C[C@H](N[C@H](C)c1ccccc1)C1CC1. The Kier molecular flexibility index (Phi) is 2.87. The number of nitrogens with one attached hydrogen (secondary N) is 1. The highest BCUT2D eigenvalue weighted by atomic mass is 15.0. The first kappa shape index (κ1) is 9.72. The van der Waals surface area contributed by atoms with Crippen molar-refractivity contribution in [2.45, 2.75) is 38.8 Å². The second-order valence-corrected chi connectivity index (χ2v) is 4.43. The molecule has 0 aromatic heterocycles. The maximum Gasteiger partial charge on any atom is 0.0294 e. The molecule has 0 bridgehead atoms. The zero-order chi connectivity index (χ0) is 9.97. The summed E-state index contributed by atoms with van der Waals surface area (Å²) >= 11 is 0. The zero-order valence-electron chi connectivity index (χ0n) is 9.03. The van der Waals surface area contributed by atoms with Gasteiger partial charge in [0.2, 0.25) is 0 Å². The Hall–Kier alpha value is -0.820. The highest BCUT2D eigenvalue weighted by Gasteiger charge is 2.28. The minimum absolute atomic E-state index is 0.479. The second kappa shape index (κ2) is 4.14. The Morgan fingerprint density at radius 2 is 1.79 bits per heavy atom. The van der Waals surface area contributed by atoms with E-state index in [0.717, 1.165) is 5.92 Å². The lowest BCUT2D eigenvalue weighted by Gasteiger charge is -2.19. The van der Waals surface area contributed by atoms with Gasteiger partial charge in [-0.15, -0.1) is 0 Å². The molecule has 2 rings (SSSR count). The van der Waals surface area contributed by atoms with Gasteiger partial charge >= 0.3 is 0 Å². The standard InChI is InChI=1S/C13H19N/c1-10(12-6-4-3-5-7-12)14-11(2)13-8-9-13/h3-7,10-11,13-14H,8-9H2,1-2H3/t10-,11+/m1/s1. The molecular weight excluding hydrogens is 170 g/mol. The van der Waals surface area contributed by atoms with Crippen molar-refractivity contribution in [3.8, 4) is 0 Å². The van der Waals surface area contributed by atoms with E-state index < -0.39 is 0 Å². The van der Waals surface area contributed by atoms with Crippen molar-refractivity contribution >= 4 is 0 Å². The van der Waals surface area contributed by atoms with Crippen molar-refractivity contribution < 1.29 is 0 Å². The summed E-state index contributed by atoms with van der Waals surface area (Å²) in [4.78, 5) is 0. The van der Waals surface area contributed by atoms with Crippen molar-refractivity contribution in [1.29, 1.82) is 0 Å². The van der Waals surface area contributed by atoms with Gasteiger partial charge in [0, 0.05) is 12.1 Å². The van der Waals surface area contributed by atoms with Gasteiger partial charge in [-0.2, -0.15) is 0 Å². The van der Waals surface area contributed by atoms with E-state index in [-0.39, 0.29) is 0 Å². The molecule has 0 amide bonds. The highest BCUT2D eigenvalue weighted by molar-refractivity contribution is 5.18. The molecule has 2 atom stereocenters. The molecule has 0 spiro atoms. The summed E-state index contributed by atoms with van der Waals surface area (Å²) in [5.74, 6) is 0.932. The van der Waals surface area contributed by atoms with Crippen LogP contribution in [-0.2, 0) is 0 Å². The molecule has 0 saturated heterocycles. The van der Waals surface area contributed by atoms with Gasteiger partial charge in [-0.25, -0.2) is 0 Å². The van der Waals surface area contributed by atoms with Crippen LogP contribution >= 0.6 is 0 Å². The van der Waals surface area contributed by atoms with Crippen LogP contribution in [0.25, 0.3) is 0 Å². The maximum absolute atomic E-state index is 3.66. The van der Waals surface area contributed by atoms with Crippen LogP contribution in [0.4, 0.5) is 0 Å². The Balaban J connectivity index is 1.91. The molecule has 14 heavy (non-hydrogen) atoms. The van der Waals surface area contributed by atoms with Crippen LogP contribution in [0, 0.1) is 5.92 Å². The fraction of sp³-hybridized carbons (Fsp3) is 0.538. The fourth-order valence-electron chi connectivity index (χ4n) is 1.96. The average Bonchev–Trinajstić information content (AvgIpc) is 3.02. The van der Waals surface area contributed by atoms with Crippen molar-refractivity contribution in [3.05, 3.63) is 35.9 Å². The van der Waals surface area contributed by atoms with Crippen molar-refractivity contribution in [3.63, 3.8) is 0 Å². The molecule has 1 saturated carbocycles. The Morgan fingerprint density at radius 3 is 2.36 bits per heavy atom. The van der Waals surface area contributed by atoms with E-state index >= 15 is 0 Å². The van der Waals surface area contributed by atoms with Crippen LogP contribution in [0.2, 0.25) is 0 Å². The molecule has 1 aliphatic carbocycles. The number of hydrogen-bond donors (Lipinski definition) is 1. The number of benzene rings is 1. The van der Waals surface area contributed by atoms with Gasteiger partial charge in [0.05, 0.1) is 0 Å². The topological polar surface area (TPSA) is 12.0 Å². The van der Waals surface area contributed by atoms with Crippen molar-refractivity contribution in [1.82, 2.24) is 5.32 Å². The molecule has 0 heterocycles. The van der Waals surface area contributed by atoms with E-state index in [0.29, 0.717) is 12.1 Å². The van der Waals surface area contributed by atoms with Crippen LogP contribution in [0.5, 0.6) is 0 Å². The molecule has 1 fully saturated rings. The van der Waals surface area contributed by atoms with Crippen LogP contribution in [0.3, 0.4) is 0 Å². The summed E-state index contributed by atoms with van der Waals surface area (Å²) in [5.41, 5.74) is 1.39. The molecule has 1 nitrogen and oxygen atoms in total. The van der Waals surface area contributed by atoms with Gasteiger partial charge in [-0.1, -0.05) is 30.3 Å². The summed E-state index contributed by atoms with van der Waals surface area (Å²) in [7, 11) is 0. The summed E-state index contributed by atoms with van der Waals surface area (Å²) in [5, 5.41) is 3.66. The summed E-state index contributed by atoms with van der Waals surface area (Å²) in [6.07, 6.45) is 2.82. The van der Waals surface area contributed by atoms with Gasteiger partial charge in [-0.3, -0.25) is 0 Å². The molecule has 1 aromatic rings. The first-order valence-corrected chi connectivity index (χ1v) is 5.58. The minimum atomic E-state index is 0.479. The summed E-state index contributed by atoms with van der Waals surface area (Å²) in [6.45, 7) is 4.55. The van der Waals surface area contributed by atoms with E-state index in [4.69, 9.17) is 0 Å². The largest absolute Gasteiger partial charge is 0.307 e. The van der Waals surface area contributed by atoms with Crippen LogP contribution < -0.4 is 5.32 Å². The van der Waals surface area contributed by atoms with Crippen LogP contribution in [-0.4, -0.2) is 6.04 Å². The van der Waals surface area contributed by atoms with Gasteiger partial charge in [0.15, 0.2) is 0 Å². The van der Waals surface area contributed by atoms with E-state index in [1.165, 1.54) is 18.4 Å². The summed E-state index contributed by atoms with van der Waals surface area (Å²) in [6, 6.07) is 11.8. The molecule has 1 N–H and O–H groups in total. The third-order valence-corrected chi connectivity index (χ3v) is 3.14. The smallest absolute Gasteiger partial charge is 0.0294 e. The molecule has 1 aliphatic rings. The molecule has 0 radical (unpaired) electrons. The van der Waals surface area contributed by atoms with E-state index in [9.17, 15) is 0 Å². The number of rotatable bonds is 4.